The van der Waals surface area contributed by atoms with Crippen LogP contribution in [0.2, 0.25) is 0 Å². The van der Waals surface area contributed by atoms with E-state index in [0.29, 0.717) is 5.56 Å². The summed E-state index contributed by atoms with van der Waals surface area (Å²) in [6.45, 7) is 1.51. The van der Waals surface area contributed by atoms with Crippen LogP contribution in [0.1, 0.15) is 12.5 Å². The number of oxime groups is 1. The maximum Gasteiger partial charge on any atom is 0.155 e. The first-order valence-corrected chi connectivity index (χ1v) is 8.45. The third-order valence-corrected chi connectivity index (χ3v) is 4.93. The molecular formula is C16H17NO3S. The molecule has 0 fully saturated rings. The minimum atomic E-state index is -3.32. The summed E-state index contributed by atoms with van der Waals surface area (Å²) in [6, 6.07) is 17.1. The molecule has 0 saturated heterocycles. The van der Waals surface area contributed by atoms with E-state index in [-0.39, 0.29) is 5.71 Å². The number of hydrogen-bond donors (Lipinski definition) is 1. The van der Waals surface area contributed by atoms with Crippen molar-refractivity contribution in [2.24, 2.45) is 5.16 Å². The molecule has 0 radical (unpaired) electrons. The van der Waals surface area contributed by atoms with Crippen molar-refractivity contribution in [3.05, 3.63) is 60.2 Å². The molecule has 2 aromatic rings. The summed E-state index contributed by atoms with van der Waals surface area (Å²) in [5.74, 6) is 0. The van der Waals surface area contributed by atoms with Crippen LogP contribution in [0.25, 0.3) is 11.1 Å². The van der Waals surface area contributed by atoms with Crippen LogP contribution >= 0.6 is 0 Å². The van der Waals surface area contributed by atoms with Crippen molar-refractivity contribution in [1.82, 2.24) is 0 Å². The maximum atomic E-state index is 11.6. The van der Waals surface area contributed by atoms with Gasteiger partial charge in [-0.25, -0.2) is 8.42 Å². The molecule has 0 aliphatic heterocycles. The van der Waals surface area contributed by atoms with E-state index in [4.69, 9.17) is 5.21 Å². The fraction of sp³-hybridized carbons (Fsp3) is 0.188. The molecule has 0 unspecified atom stereocenters. The molecule has 5 heteroatoms. The largest absolute Gasteiger partial charge is 0.411 e. The van der Waals surface area contributed by atoms with E-state index < -0.39 is 15.1 Å². The Labute approximate surface area is 124 Å². The Morgan fingerprint density at radius 1 is 1.00 bits per heavy atom. The van der Waals surface area contributed by atoms with Gasteiger partial charge in [0.1, 0.15) is 11.0 Å². The zero-order valence-corrected chi connectivity index (χ0v) is 12.7. The smallest absolute Gasteiger partial charge is 0.155 e. The fourth-order valence-electron chi connectivity index (χ4n) is 2.04. The molecule has 0 aliphatic carbocycles. The molecule has 110 valence electrons. The zero-order valence-electron chi connectivity index (χ0n) is 11.9. The predicted octanol–water partition coefficient (Wildman–Crippen LogP) is 2.97. The van der Waals surface area contributed by atoms with Crippen molar-refractivity contribution >= 4 is 15.5 Å². The van der Waals surface area contributed by atoms with Crippen molar-refractivity contribution in [3.63, 3.8) is 0 Å². The van der Waals surface area contributed by atoms with Crippen LogP contribution in [0.4, 0.5) is 0 Å². The lowest BCUT2D eigenvalue weighted by molar-refractivity contribution is 0.318. The molecule has 0 aromatic heterocycles. The minimum absolute atomic E-state index is 0.150. The average molecular weight is 303 g/mol. The van der Waals surface area contributed by atoms with Gasteiger partial charge < -0.3 is 5.21 Å². The van der Waals surface area contributed by atoms with Gasteiger partial charge in [0, 0.05) is 11.8 Å². The lowest BCUT2D eigenvalue weighted by Gasteiger charge is -2.12. The van der Waals surface area contributed by atoms with Gasteiger partial charge in [0.25, 0.3) is 0 Å². The van der Waals surface area contributed by atoms with Gasteiger partial charge >= 0.3 is 0 Å². The first kappa shape index (κ1) is 15.3. The molecule has 21 heavy (non-hydrogen) atoms. The Kier molecular flexibility index (Phi) is 4.43. The summed E-state index contributed by atoms with van der Waals surface area (Å²) in [6.07, 6.45) is 1.13. The van der Waals surface area contributed by atoms with E-state index in [1.165, 1.54) is 6.92 Å². The van der Waals surface area contributed by atoms with Gasteiger partial charge in [-0.15, -0.1) is 0 Å². The lowest BCUT2D eigenvalue weighted by atomic mass is 10.0. The van der Waals surface area contributed by atoms with E-state index in [1.807, 2.05) is 42.5 Å². The first-order chi connectivity index (χ1) is 9.93. The van der Waals surface area contributed by atoms with Crippen LogP contribution in [0.15, 0.2) is 59.8 Å². The van der Waals surface area contributed by atoms with Gasteiger partial charge in [0.15, 0.2) is 9.84 Å². The number of benzene rings is 2. The molecule has 0 aliphatic rings. The van der Waals surface area contributed by atoms with E-state index in [1.54, 1.807) is 12.1 Å². The normalized spacial score (nSPS) is 13.9. The molecule has 2 aromatic carbocycles. The summed E-state index contributed by atoms with van der Waals surface area (Å²) in [5, 5.41) is 11.4. The topological polar surface area (TPSA) is 66.7 Å². The van der Waals surface area contributed by atoms with Crippen molar-refractivity contribution in [3.8, 4) is 11.1 Å². The van der Waals surface area contributed by atoms with E-state index >= 15 is 0 Å². The first-order valence-electron chi connectivity index (χ1n) is 6.50. The third kappa shape index (κ3) is 3.49. The Morgan fingerprint density at radius 2 is 1.52 bits per heavy atom. The van der Waals surface area contributed by atoms with Crippen LogP contribution in [-0.2, 0) is 9.84 Å². The summed E-state index contributed by atoms with van der Waals surface area (Å²) in [7, 11) is -3.32. The summed E-state index contributed by atoms with van der Waals surface area (Å²) >= 11 is 0. The highest BCUT2D eigenvalue weighted by Gasteiger charge is 2.23. The number of rotatable bonds is 4. The van der Waals surface area contributed by atoms with Gasteiger partial charge in [-0.05, 0) is 18.1 Å². The van der Waals surface area contributed by atoms with Crippen molar-refractivity contribution in [2.75, 3.05) is 6.26 Å². The number of sulfone groups is 1. The van der Waals surface area contributed by atoms with Gasteiger partial charge in [-0.1, -0.05) is 59.8 Å². The molecule has 0 heterocycles. The van der Waals surface area contributed by atoms with Crippen molar-refractivity contribution in [2.45, 2.75) is 12.2 Å². The van der Waals surface area contributed by atoms with Crippen molar-refractivity contribution in [1.29, 1.82) is 0 Å². The van der Waals surface area contributed by atoms with Gasteiger partial charge in [0.05, 0.1) is 0 Å². The highest BCUT2D eigenvalue weighted by Crippen LogP contribution is 2.20. The van der Waals surface area contributed by atoms with Crippen LogP contribution in [0.5, 0.6) is 0 Å². The molecule has 2 rings (SSSR count). The SMILES string of the molecule is C[C@@H](/C(=N\O)c1ccc(-c2ccccc2)cc1)S(C)(=O)=O. The second kappa shape index (κ2) is 6.10. The van der Waals surface area contributed by atoms with E-state index in [0.717, 1.165) is 17.4 Å². The number of hydrogen-bond acceptors (Lipinski definition) is 4. The fourth-order valence-corrected chi connectivity index (χ4v) is 2.63. The van der Waals surface area contributed by atoms with Gasteiger partial charge in [-0.3, -0.25) is 0 Å². The molecule has 0 amide bonds. The molecule has 1 N–H and O–H groups in total. The zero-order chi connectivity index (χ0) is 15.5. The minimum Gasteiger partial charge on any atom is -0.411 e. The molecule has 0 spiro atoms. The van der Waals surface area contributed by atoms with Crippen LogP contribution in [0, 0.1) is 0 Å². The quantitative estimate of drug-likeness (QED) is 0.536. The second-order valence-corrected chi connectivity index (χ2v) is 7.27. The molecule has 0 saturated carbocycles. The van der Waals surface area contributed by atoms with Crippen LogP contribution < -0.4 is 0 Å². The number of nitrogens with zero attached hydrogens (tertiary/aromatic N) is 1. The van der Waals surface area contributed by atoms with Gasteiger partial charge in [-0.2, -0.15) is 0 Å². The summed E-state index contributed by atoms with van der Waals surface area (Å²) in [5.41, 5.74) is 2.83. The summed E-state index contributed by atoms with van der Waals surface area (Å²) in [4.78, 5) is 0. The maximum absolute atomic E-state index is 11.6. The summed E-state index contributed by atoms with van der Waals surface area (Å²) < 4.78 is 23.2. The standard InChI is InChI=1S/C16H17NO3S/c1-12(21(2,19)20)16(17-18)15-10-8-14(9-11-15)13-6-4-3-5-7-13/h3-12,18H,1-2H3/b17-16+/t12-/m0/s1. The monoisotopic (exact) mass is 303 g/mol. The Morgan fingerprint density at radius 3 is 2.00 bits per heavy atom. The van der Waals surface area contributed by atoms with E-state index in [2.05, 4.69) is 5.16 Å². The Hall–Kier alpha value is -2.14. The van der Waals surface area contributed by atoms with Crippen molar-refractivity contribution < 1.29 is 13.6 Å². The highest BCUT2D eigenvalue weighted by molar-refractivity contribution is 7.92. The predicted molar refractivity (Wildman–Crippen MR) is 84.5 cm³/mol. The Bertz CT molecular complexity index is 735. The van der Waals surface area contributed by atoms with E-state index in [9.17, 15) is 8.42 Å². The molecule has 4 nitrogen and oxygen atoms in total. The van der Waals surface area contributed by atoms with Crippen LogP contribution in [0.3, 0.4) is 0 Å². The van der Waals surface area contributed by atoms with Gasteiger partial charge in [0.2, 0.25) is 0 Å². The molecule has 0 bridgehead atoms. The third-order valence-electron chi connectivity index (χ3n) is 3.42. The van der Waals surface area contributed by atoms with Crippen LogP contribution in [-0.4, -0.2) is 30.8 Å². The highest BCUT2D eigenvalue weighted by atomic mass is 32.2. The molecule has 1 atom stereocenters. The average Bonchev–Trinajstić information content (AvgIpc) is 2.48. The lowest BCUT2D eigenvalue weighted by Crippen LogP contribution is -2.27. The molecular weight excluding hydrogens is 286 g/mol. The second-order valence-electron chi connectivity index (χ2n) is 4.90. The Balaban J connectivity index is 2.35.